The maximum atomic E-state index is 11.6. The predicted molar refractivity (Wildman–Crippen MR) is 95.8 cm³/mol. The molecule has 0 spiro atoms. The van der Waals surface area contributed by atoms with E-state index in [1.54, 1.807) is 11.1 Å². The van der Waals surface area contributed by atoms with Crippen molar-refractivity contribution >= 4 is 16.9 Å². The van der Waals surface area contributed by atoms with Crippen LogP contribution in [0, 0.1) is 11.8 Å². The van der Waals surface area contributed by atoms with Gasteiger partial charge in [-0.2, -0.15) is 5.10 Å². The van der Waals surface area contributed by atoms with Gasteiger partial charge in [-0.1, -0.05) is 30.7 Å². The van der Waals surface area contributed by atoms with Crippen LogP contribution < -0.4 is 0 Å². The lowest BCUT2D eigenvalue weighted by Gasteiger charge is -2.38. The fourth-order valence-corrected chi connectivity index (χ4v) is 2.89. The molecule has 2 aromatic heterocycles. The number of carbonyl (C=O) groups is 1. The average molecular weight is 328 g/mol. The second-order valence-electron chi connectivity index (χ2n) is 5.88. The monoisotopic (exact) mass is 328 g/mol. The highest BCUT2D eigenvalue weighted by molar-refractivity contribution is 5.88. The van der Waals surface area contributed by atoms with Crippen molar-refractivity contribution in [1.29, 1.82) is 0 Å². The van der Waals surface area contributed by atoms with E-state index in [2.05, 4.69) is 28.5 Å². The Hall–Kier alpha value is -3.39. The van der Waals surface area contributed by atoms with Crippen LogP contribution in [0.5, 0.6) is 0 Å². The molecule has 25 heavy (non-hydrogen) atoms. The predicted octanol–water partition coefficient (Wildman–Crippen LogP) is 2.40. The zero-order valence-electron chi connectivity index (χ0n) is 13.6. The Morgan fingerprint density at radius 1 is 1.16 bits per heavy atom. The topological polar surface area (TPSA) is 51.0 Å². The summed E-state index contributed by atoms with van der Waals surface area (Å²) >= 11 is 0. The first-order valence-corrected chi connectivity index (χ1v) is 8.08. The highest BCUT2D eigenvalue weighted by Gasteiger charge is 2.32. The molecule has 5 nitrogen and oxygen atoms in total. The molecule has 122 valence electrons. The van der Waals surface area contributed by atoms with Crippen molar-refractivity contribution in [1.82, 2.24) is 19.7 Å². The Labute approximate surface area is 145 Å². The number of benzene rings is 1. The molecule has 1 fully saturated rings. The third-order valence-electron chi connectivity index (χ3n) is 4.26. The van der Waals surface area contributed by atoms with Gasteiger partial charge in [0.05, 0.1) is 11.4 Å². The highest BCUT2D eigenvalue weighted by Crippen LogP contribution is 2.26. The van der Waals surface area contributed by atoms with E-state index in [-0.39, 0.29) is 11.9 Å². The van der Waals surface area contributed by atoms with E-state index in [9.17, 15) is 4.79 Å². The Morgan fingerprint density at radius 2 is 1.96 bits per heavy atom. The van der Waals surface area contributed by atoms with Crippen molar-refractivity contribution in [3.63, 3.8) is 0 Å². The number of rotatable bonds is 2. The Balaban J connectivity index is 1.67. The molecule has 0 atom stereocenters. The molecule has 1 saturated heterocycles. The zero-order chi connectivity index (χ0) is 17.2. The van der Waals surface area contributed by atoms with Crippen LogP contribution >= 0.6 is 0 Å². The fourth-order valence-electron chi connectivity index (χ4n) is 2.89. The molecular weight excluding hydrogens is 312 g/mol. The fraction of sp³-hybridized carbons (Fsp3) is 0.150. The summed E-state index contributed by atoms with van der Waals surface area (Å²) < 4.78 is 1.89. The summed E-state index contributed by atoms with van der Waals surface area (Å²) in [6.07, 6.45) is 3.09. The first-order valence-electron chi connectivity index (χ1n) is 8.08. The molecule has 1 aromatic carbocycles. The SMILES string of the molecule is C=CC(=O)N1CC(n2nc(C#Cc3ccccc3)c3cccnc32)C1. The van der Waals surface area contributed by atoms with Gasteiger partial charge in [0.1, 0.15) is 5.69 Å². The minimum absolute atomic E-state index is 0.0511. The third kappa shape index (κ3) is 2.79. The van der Waals surface area contributed by atoms with E-state index >= 15 is 0 Å². The highest BCUT2D eigenvalue weighted by atomic mass is 16.2. The largest absolute Gasteiger partial charge is 0.335 e. The number of fused-ring (bicyclic) bond motifs is 1. The van der Waals surface area contributed by atoms with Crippen molar-refractivity contribution in [2.24, 2.45) is 0 Å². The second-order valence-corrected chi connectivity index (χ2v) is 5.88. The van der Waals surface area contributed by atoms with Crippen LogP contribution in [0.1, 0.15) is 17.3 Å². The molecule has 0 aliphatic carbocycles. The Morgan fingerprint density at radius 3 is 2.72 bits per heavy atom. The average Bonchev–Trinajstić information content (AvgIpc) is 2.98. The van der Waals surface area contributed by atoms with E-state index in [4.69, 9.17) is 0 Å². The molecule has 5 heteroatoms. The maximum absolute atomic E-state index is 11.6. The molecule has 1 aliphatic rings. The zero-order valence-corrected chi connectivity index (χ0v) is 13.6. The van der Waals surface area contributed by atoms with E-state index in [1.165, 1.54) is 6.08 Å². The summed E-state index contributed by atoms with van der Waals surface area (Å²) in [4.78, 5) is 17.8. The van der Waals surface area contributed by atoms with Crippen molar-refractivity contribution < 1.29 is 4.79 Å². The van der Waals surface area contributed by atoms with Gasteiger partial charge >= 0.3 is 0 Å². The van der Waals surface area contributed by atoms with Gasteiger partial charge in [0.25, 0.3) is 0 Å². The molecule has 0 bridgehead atoms. The normalized spacial score (nSPS) is 13.8. The van der Waals surface area contributed by atoms with Crippen LogP contribution in [0.15, 0.2) is 61.3 Å². The lowest BCUT2D eigenvalue weighted by Crippen LogP contribution is -2.50. The minimum Gasteiger partial charge on any atom is -0.335 e. The van der Waals surface area contributed by atoms with Gasteiger partial charge in [0.2, 0.25) is 5.91 Å². The van der Waals surface area contributed by atoms with Gasteiger partial charge in [0.15, 0.2) is 5.65 Å². The van der Waals surface area contributed by atoms with Crippen LogP contribution in [0.2, 0.25) is 0 Å². The lowest BCUT2D eigenvalue weighted by atomic mass is 10.1. The number of aromatic nitrogens is 3. The molecule has 4 rings (SSSR count). The molecule has 0 saturated carbocycles. The standard InChI is InChI=1S/C20H16N4O/c1-2-19(25)23-13-16(14-23)24-20-17(9-6-12-21-20)18(22-24)11-10-15-7-4-3-5-8-15/h2-9,12,16H,1,13-14H2. The molecule has 0 N–H and O–H groups in total. The van der Waals surface area contributed by atoms with E-state index in [1.807, 2.05) is 47.1 Å². The van der Waals surface area contributed by atoms with Gasteiger partial charge < -0.3 is 4.90 Å². The van der Waals surface area contributed by atoms with Gasteiger partial charge in [0, 0.05) is 24.8 Å². The van der Waals surface area contributed by atoms with Crippen molar-refractivity contribution in [2.45, 2.75) is 6.04 Å². The van der Waals surface area contributed by atoms with E-state index in [0.717, 1.165) is 16.6 Å². The number of hydrogen-bond acceptors (Lipinski definition) is 3. The smallest absolute Gasteiger partial charge is 0.246 e. The van der Waals surface area contributed by atoms with Crippen LogP contribution in [0.4, 0.5) is 0 Å². The number of carbonyl (C=O) groups excluding carboxylic acids is 1. The molecule has 1 aliphatic heterocycles. The van der Waals surface area contributed by atoms with E-state index < -0.39 is 0 Å². The Kier molecular flexibility index (Phi) is 3.79. The van der Waals surface area contributed by atoms with Crippen LogP contribution in [0.25, 0.3) is 11.0 Å². The number of nitrogens with zero attached hydrogens (tertiary/aromatic N) is 4. The molecule has 0 unspecified atom stereocenters. The summed E-state index contributed by atoms with van der Waals surface area (Å²) in [7, 11) is 0. The number of hydrogen-bond donors (Lipinski definition) is 0. The Bertz CT molecular complexity index is 1000. The molecule has 3 aromatic rings. The molecule has 1 amide bonds. The summed E-state index contributed by atoms with van der Waals surface area (Å²) in [5.74, 6) is 6.25. The van der Waals surface area contributed by atoms with Crippen LogP contribution in [-0.4, -0.2) is 38.7 Å². The molecule has 3 heterocycles. The molecular formula is C20H16N4O. The number of likely N-dealkylation sites (tertiary alicyclic amines) is 1. The van der Waals surface area contributed by atoms with Gasteiger partial charge in [-0.3, -0.25) is 4.79 Å². The van der Waals surface area contributed by atoms with Gasteiger partial charge in [-0.25, -0.2) is 9.67 Å². The van der Waals surface area contributed by atoms with E-state index in [0.29, 0.717) is 18.8 Å². The molecule has 0 radical (unpaired) electrons. The third-order valence-corrected chi connectivity index (χ3v) is 4.26. The lowest BCUT2D eigenvalue weighted by molar-refractivity contribution is -0.131. The van der Waals surface area contributed by atoms with Crippen LogP contribution in [0.3, 0.4) is 0 Å². The summed E-state index contributed by atoms with van der Waals surface area (Å²) in [6, 6.07) is 13.8. The van der Waals surface area contributed by atoms with Crippen molar-refractivity contribution in [3.05, 3.63) is 72.6 Å². The van der Waals surface area contributed by atoms with Gasteiger partial charge in [-0.05, 0) is 36.3 Å². The quantitative estimate of drug-likeness (QED) is 0.536. The summed E-state index contributed by atoms with van der Waals surface area (Å²) in [5.41, 5.74) is 2.46. The number of pyridine rings is 1. The minimum atomic E-state index is -0.0511. The summed E-state index contributed by atoms with van der Waals surface area (Å²) in [6.45, 7) is 4.75. The first kappa shape index (κ1) is 15.2. The summed E-state index contributed by atoms with van der Waals surface area (Å²) in [5, 5.41) is 5.59. The van der Waals surface area contributed by atoms with Crippen LogP contribution in [-0.2, 0) is 4.79 Å². The van der Waals surface area contributed by atoms with Gasteiger partial charge in [-0.15, -0.1) is 0 Å². The van der Waals surface area contributed by atoms with Crippen molar-refractivity contribution in [3.8, 4) is 11.8 Å². The second kappa shape index (κ2) is 6.25. The first-order chi connectivity index (χ1) is 12.3. The number of amides is 1. The van der Waals surface area contributed by atoms with Crippen molar-refractivity contribution in [2.75, 3.05) is 13.1 Å². The maximum Gasteiger partial charge on any atom is 0.246 e.